The molecule has 0 saturated carbocycles. The molecule has 4 nitrogen and oxygen atoms in total. The van der Waals surface area contributed by atoms with Gasteiger partial charge in [-0.3, -0.25) is 0 Å². The molecule has 58 heavy (non-hydrogen) atoms. The number of hydrogen-bond acceptors (Lipinski definition) is 4. The summed E-state index contributed by atoms with van der Waals surface area (Å²) in [4.78, 5) is 0. The van der Waals surface area contributed by atoms with Crippen LogP contribution in [0.2, 0.25) is 0 Å². The van der Waals surface area contributed by atoms with Gasteiger partial charge in [0.1, 0.15) is 34.0 Å². The lowest BCUT2D eigenvalue weighted by Crippen LogP contribution is -2.35. The number of ether oxygens (including phenoxy) is 2. The number of aryl methyl sites for hydroxylation is 2. The Morgan fingerprint density at radius 2 is 0.983 bits per heavy atom. The van der Waals surface area contributed by atoms with Crippen molar-refractivity contribution >= 4 is 87.9 Å². The molecule has 0 radical (unpaired) electrons. The van der Waals surface area contributed by atoms with Crippen LogP contribution in [0.5, 0.6) is 11.5 Å². The molecule has 0 unspecified atom stereocenters. The van der Waals surface area contributed by atoms with Gasteiger partial charge in [0.25, 0.3) is 10.0 Å². The molecule has 0 saturated heterocycles. The van der Waals surface area contributed by atoms with Crippen molar-refractivity contribution in [1.29, 1.82) is 0 Å². The van der Waals surface area contributed by atoms with E-state index in [1.54, 1.807) is 14.2 Å². The summed E-state index contributed by atoms with van der Waals surface area (Å²) < 4.78 is 19.7. The van der Waals surface area contributed by atoms with Crippen LogP contribution in [0.15, 0.2) is 133 Å². The Balaban J connectivity index is 1.11. The van der Waals surface area contributed by atoms with Gasteiger partial charge in [-0.25, -0.2) is 0 Å². The van der Waals surface area contributed by atoms with Crippen molar-refractivity contribution in [1.82, 2.24) is 0 Å². The number of hydrogen-bond donors (Lipinski definition) is 0. The molecular formula is C52H50N2O2S2+2. The van der Waals surface area contributed by atoms with E-state index in [4.69, 9.17) is 9.47 Å². The van der Waals surface area contributed by atoms with Crippen molar-refractivity contribution in [3.05, 3.63) is 155 Å². The Morgan fingerprint density at radius 3 is 1.40 bits per heavy atom. The van der Waals surface area contributed by atoms with Crippen LogP contribution in [-0.4, -0.2) is 14.2 Å². The molecule has 6 heteroatoms. The smallest absolute Gasteiger partial charge is 0.265 e. The van der Waals surface area contributed by atoms with Gasteiger partial charge in [-0.1, -0.05) is 134 Å². The number of nitrogens with zero attached hydrogens (tertiary/aromatic N) is 2. The number of fused-ring (bicyclic) bond motifs is 4. The molecule has 0 aliphatic rings. The van der Waals surface area contributed by atoms with Gasteiger partial charge >= 0.3 is 0 Å². The van der Waals surface area contributed by atoms with Crippen molar-refractivity contribution in [2.24, 2.45) is 0 Å². The number of thiazole rings is 2. The van der Waals surface area contributed by atoms with E-state index in [0.29, 0.717) is 0 Å². The zero-order chi connectivity index (χ0) is 40.2. The molecule has 2 aromatic heterocycles. The summed E-state index contributed by atoms with van der Waals surface area (Å²) >= 11 is 3.73. The van der Waals surface area contributed by atoms with Crippen LogP contribution in [-0.2, 0) is 13.1 Å². The SMILES string of the molecule is CCC[n+]1c(/C(C)=C/C=C/c2ccc3c(-c4c(OC)ccc5cc(/C=C/C=C(\C)c6sc7ccccc7[n+]6CCC)ccc45)c(OC)ccc3c2)sc2ccccc21. The van der Waals surface area contributed by atoms with Crippen LogP contribution in [0, 0.1) is 0 Å². The van der Waals surface area contributed by atoms with Crippen LogP contribution in [0.4, 0.5) is 0 Å². The van der Waals surface area contributed by atoms with Gasteiger partial charge in [0, 0.05) is 47.2 Å². The minimum atomic E-state index is 0.815. The van der Waals surface area contributed by atoms with Crippen molar-refractivity contribution in [3.63, 3.8) is 0 Å². The second-order valence-corrected chi connectivity index (χ2v) is 16.8. The summed E-state index contributed by atoms with van der Waals surface area (Å²) in [5.41, 5.74) is 9.49. The molecule has 0 bridgehead atoms. The first-order valence-corrected chi connectivity index (χ1v) is 21.8. The fourth-order valence-electron chi connectivity index (χ4n) is 8.02. The summed E-state index contributed by atoms with van der Waals surface area (Å²) in [6.07, 6.45) is 15.4. The van der Waals surface area contributed by atoms with Gasteiger partial charge in [-0.05, 0) is 82.9 Å². The van der Waals surface area contributed by atoms with Crippen molar-refractivity contribution in [3.8, 4) is 22.6 Å². The van der Waals surface area contributed by atoms with Crippen LogP contribution in [0.1, 0.15) is 61.7 Å². The Hall–Kier alpha value is -5.82. The lowest BCUT2D eigenvalue weighted by atomic mass is 9.91. The summed E-state index contributed by atoms with van der Waals surface area (Å²) in [6, 6.07) is 39.2. The van der Waals surface area contributed by atoms with E-state index in [-0.39, 0.29) is 0 Å². The van der Waals surface area contributed by atoms with Crippen molar-refractivity contribution in [2.45, 2.75) is 53.6 Å². The average Bonchev–Trinajstić information content (AvgIpc) is 3.81. The van der Waals surface area contributed by atoms with Gasteiger partial charge in [0.15, 0.2) is 0 Å². The molecule has 0 aliphatic carbocycles. The molecule has 0 atom stereocenters. The first-order chi connectivity index (χ1) is 28.4. The second kappa shape index (κ2) is 17.4. The Kier molecular flexibility index (Phi) is 11.7. The normalized spacial score (nSPS) is 12.7. The molecule has 0 spiro atoms. The quantitative estimate of drug-likeness (QED) is 0.0858. The number of allylic oxidation sites excluding steroid dienone is 6. The van der Waals surface area contributed by atoms with E-state index in [0.717, 1.165) is 81.2 Å². The van der Waals surface area contributed by atoms with Gasteiger partial charge in [0.2, 0.25) is 11.0 Å². The lowest BCUT2D eigenvalue weighted by molar-refractivity contribution is -0.669. The topological polar surface area (TPSA) is 26.2 Å². The molecule has 0 fully saturated rings. The highest BCUT2D eigenvalue weighted by molar-refractivity contribution is 7.19. The summed E-state index contributed by atoms with van der Waals surface area (Å²) in [7, 11) is 3.49. The minimum Gasteiger partial charge on any atom is -0.496 e. The zero-order valence-electron chi connectivity index (χ0n) is 34.2. The molecule has 0 N–H and O–H groups in total. The first-order valence-electron chi connectivity index (χ1n) is 20.2. The predicted molar refractivity (Wildman–Crippen MR) is 250 cm³/mol. The summed E-state index contributed by atoms with van der Waals surface area (Å²) in [5, 5.41) is 7.14. The van der Waals surface area contributed by atoms with Gasteiger partial charge in [0.05, 0.1) is 14.2 Å². The Bertz CT molecular complexity index is 2720. The Morgan fingerprint density at radius 1 is 0.552 bits per heavy atom. The highest BCUT2D eigenvalue weighted by atomic mass is 32.1. The molecule has 0 aliphatic heterocycles. The van der Waals surface area contributed by atoms with Gasteiger partial charge < -0.3 is 9.47 Å². The maximum atomic E-state index is 6.05. The predicted octanol–water partition coefficient (Wildman–Crippen LogP) is 13.7. The van der Waals surface area contributed by atoms with E-state index in [2.05, 4.69) is 182 Å². The second-order valence-electron chi connectivity index (χ2n) is 14.7. The first kappa shape index (κ1) is 39.0. The third kappa shape index (κ3) is 7.62. The number of para-hydroxylation sites is 2. The van der Waals surface area contributed by atoms with Gasteiger partial charge in [-0.15, -0.1) is 0 Å². The highest BCUT2D eigenvalue weighted by Crippen LogP contribution is 2.45. The van der Waals surface area contributed by atoms with E-state index in [9.17, 15) is 0 Å². The van der Waals surface area contributed by atoms with E-state index in [1.165, 1.54) is 41.6 Å². The van der Waals surface area contributed by atoms with E-state index in [1.807, 2.05) is 22.7 Å². The van der Waals surface area contributed by atoms with Crippen LogP contribution < -0.4 is 18.6 Å². The number of benzene rings is 6. The zero-order valence-corrected chi connectivity index (χ0v) is 35.8. The lowest BCUT2D eigenvalue weighted by Gasteiger charge is -2.18. The fraction of sp³-hybridized carbons (Fsp3) is 0.192. The molecule has 8 rings (SSSR count). The third-order valence-corrected chi connectivity index (χ3v) is 13.4. The monoisotopic (exact) mass is 798 g/mol. The molecule has 290 valence electrons. The van der Waals surface area contributed by atoms with Crippen LogP contribution in [0.3, 0.4) is 0 Å². The fourth-order valence-corrected chi connectivity index (χ4v) is 10.4. The van der Waals surface area contributed by atoms with Crippen molar-refractivity contribution in [2.75, 3.05) is 14.2 Å². The molecule has 0 amide bonds. The maximum absolute atomic E-state index is 6.05. The van der Waals surface area contributed by atoms with Crippen LogP contribution in [0.25, 0.3) is 76.4 Å². The highest BCUT2D eigenvalue weighted by Gasteiger charge is 2.22. The number of methoxy groups -OCH3 is 2. The molecule has 6 aromatic carbocycles. The Labute approximate surface area is 350 Å². The summed E-state index contributed by atoms with van der Waals surface area (Å²) in [5.74, 6) is 1.63. The average molecular weight is 799 g/mol. The van der Waals surface area contributed by atoms with Crippen molar-refractivity contribution < 1.29 is 18.6 Å². The number of rotatable bonds is 13. The van der Waals surface area contributed by atoms with Crippen LogP contribution >= 0.6 is 22.7 Å². The largest absolute Gasteiger partial charge is 0.496 e. The molecule has 2 heterocycles. The van der Waals surface area contributed by atoms with Gasteiger partial charge in [-0.2, -0.15) is 9.13 Å². The van der Waals surface area contributed by atoms with E-state index >= 15 is 0 Å². The maximum Gasteiger partial charge on any atom is 0.265 e. The minimum absolute atomic E-state index is 0.815. The molecule has 8 aromatic rings. The standard InChI is InChI=1S/C52H50N2O2S2/c1-7-31-53-43-19-9-11-21-47(43)57-51(53)35(3)15-13-17-37-23-27-41-39(33-37)25-29-45(55-5)49(41)50-42-28-24-38(34-40(42)26-30-46(50)56-6)18-14-16-36(4)52-54(32-8-2)44-20-10-12-22-48(44)58-52/h9-30,33-34H,7-8,31-32H2,1-6H3/q+2/b17-13+,18-14+,35-15+,36-16+. The third-order valence-electron chi connectivity index (χ3n) is 10.8. The van der Waals surface area contributed by atoms with E-state index < -0.39 is 0 Å². The summed E-state index contributed by atoms with van der Waals surface area (Å²) in [6.45, 7) is 10.9. The number of aromatic nitrogens is 2. The molecular weight excluding hydrogens is 749 g/mol.